The maximum absolute atomic E-state index is 12.1. The topological polar surface area (TPSA) is 75.7 Å². The highest BCUT2D eigenvalue weighted by molar-refractivity contribution is 7.88. The van der Waals surface area contributed by atoms with E-state index in [0.717, 1.165) is 16.7 Å². The fourth-order valence-electron chi connectivity index (χ4n) is 2.66. The van der Waals surface area contributed by atoms with E-state index in [-0.39, 0.29) is 32.0 Å². The van der Waals surface area contributed by atoms with Crippen LogP contribution in [0.3, 0.4) is 0 Å². The molecule has 0 radical (unpaired) electrons. The molecule has 0 saturated heterocycles. The van der Waals surface area contributed by atoms with Gasteiger partial charge in [-0.25, -0.2) is 8.42 Å². The Kier molecular flexibility index (Phi) is 7.38. The summed E-state index contributed by atoms with van der Waals surface area (Å²) in [6.45, 7) is 2.68. The number of ether oxygens (including phenoxy) is 1. The van der Waals surface area contributed by atoms with Gasteiger partial charge in [0.1, 0.15) is 5.75 Å². The van der Waals surface area contributed by atoms with Crippen LogP contribution in [0, 0.1) is 6.92 Å². The molecule has 6 nitrogen and oxygen atoms in total. The average molecular weight is 391 g/mol. The molecule has 2 aromatic carbocycles. The van der Waals surface area contributed by atoms with Gasteiger partial charge in [0.05, 0.1) is 19.8 Å². The number of amides is 1. The van der Waals surface area contributed by atoms with Crippen LogP contribution in [0.15, 0.2) is 48.5 Å². The van der Waals surface area contributed by atoms with Gasteiger partial charge in [0.2, 0.25) is 15.9 Å². The first-order valence-electron chi connectivity index (χ1n) is 8.69. The molecule has 0 aliphatic carbocycles. The molecule has 0 bridgehead atoms. The number of aryl methyl sites for hydroxylation is 1. The van der Waals surface area contributed by atoms with Gasteiger partial charge in [-0.1, -0.05) is 36.4 Å². The van der Waals surface area contributed by atoms with E-state index in [1.165, 1.54) is 10.6 Å². The summed E-state index contributed by atoms with van der Waals surface area (Å²) in [7, 11) is -1.81. The first kappa shape index (κ1) is 20.9. The lowest BCUT2D eigenvalue weighted by molar-refractivity contribution is -0.120. The minimum atomic E-state index is -3.39. The molecule has 0 saturated carbocycles. The summed E-state index contributed by atoms with van der Waals surface area (Å²) in [6.07, 6.45) is 1.45. The largest absolute Gasteiger partial charge is 0.497 e. The third-order valence-corrected chi connectivity index (χ3v) is 5.53. The molecule has 7 heteroatoms. The third-order valence-electron chi connectivity index (χ3n) is 4.28. The number of nitrogens with one attached hydrogen (secondary N) is 1. The van der Waals surface area contributed by atoms with Crippen molar-refractivity contribution in [3.8, 4) is 5.75 Å². The van der Waals surface area contributed by atoms with Gasteiger partial charge in [-0.15, -0.1) is 0 Å². The summed E-state index contributed by atoms with van der Waals surface area (Å²) in [6, 6.07) is 14.9. The van der Waals surface area contributed by atoms with Crippen LogP contribution in [0.2, 0.25) is 0 Å². The van der Waals surface area contributed by atoms with E-state index in [2.05, 4.69) is 5.32 Å². The first-order valence-corrected chi connectivity index (χ1v) is 10.5. The zero-order valence-corrected chi connectivity index (χ0v) is 16.8. The Hall–Kier alpha value is -2.38. The summed E-state index contributed by atoms with van der Waals surface area (Å²) in [4.78, 5) is 12.1. The second kappa shape index (κ2) is 9.53. The number of carbonyl (C=O) groups excluding carboxylic acids is 1. The van der Waals surface area contributed by atoms with Gasteiger partial charge in [0, 0.05) is 19.6 Å². The summed E-state index contributed by atoms with van der Waals surface area (Å²) < 4.78 is 30.6. The van der Waals surface area contributed by atoms with Crippen LogP contribution in [0.25, 0.3) is 0 Å². The molecule has 0 spiro atoms. The van der Waals surface area contributed by atoms with Crippen LogP contribution in [-0.4, -0.2) is 45.1 Å². The molecular weight excluding hydrogens is 364 g/mol. The third kappa shape index (κ3) is 6.69. The second-order valence-electron chi connectivity index (χ2n) is 6.40. The zero-order chi connectivity index (χ0) is 19.9. The monoisotopic (exact) mass is 390 g/mol. The van der Waals surface area contributed by atoms with E-state index in [9.17, 15) is 13.2 Å². The number of methoxy groups -OCH3 is 1. The molecule has 0 aliphatic heterocycles. The molecule has 27 heavy (non-hydrogen) atoms. The summed E-state index contributed by atoms with van der Waals surface area (Å²) in [5, 5.41) is 2.80. The molecule has 0 atom stereocenters. The van der Waals surface area contributed by atoms with E-state index in [1.54, 1.807) is 19.2 Å². The second-order valence-corrected chi connectivity index (χ2v) is 8.38. The number of carbonyl (C=O) groups is 1. The molecule has 0 aromatic heterocycles. The molecule has 0 aliphatic rings. The van der Waals surface area contributed by atoms with Crippen molar-refractivity contribution in [2.24, 2.45) is 0 Å². The molecule has 0 unspecified atom stereocenters. The number of benzene rings is 2. The van der Waals surface area contributed by atoms with Crippen molar-refractivity contribution in [2.75, 3.05) is 26.5 Å². The minimum absolute atomic E-state index is 0.123. The smallest absolute Gasteiger partial charge is 0.224 e. The van der Waals surface area contributed by atoms with Gasteiger partial charge in [0.15, 0.2) is 0 Å². The Morgan fingerprint density at radius 3 is 2.37 bits per heavy atom. The Balaban J connectivity index is 1.90. The predicted octanol–water partition coefficient (Wildman–Crippen LogP) is 2.12. The van der Waals surface area contributed by atoms with Gasteiger partial charge in [-0.2, -0.15) is 4.31 Å². The molecule has 146 valence electrons. The fourth-order valence-corrected chi connectivity index (χ4v) is 3.47. The van der Waals surface area contributed by atoms with Gasteiger partial charge in [0.25, 0.3) is 0 Å². The predicted molar refractivity (Wildman–Crippen MR) is 106 cm³/mol. The Labute approximate surface area is 161 Å². The first-order chi connectivity index (χ1) is 12.8. The summed E-state index contributed by atoms with van der Waals surface area (Å²) >= 11 is 0. The van der Waals surface area contributed by atoms with Crippen LogP contribution in [0.5, 0.6) is 5.75 Å². The Morgan fingerprint density at radius 1 is 1.11 bits per heavy atom. The van der Waals surface area contributed by atoms with E-state index in [4.69, 9.17) is 4.74 Å². The minimum Gasteiger partial charge on any atom is -0.497 e. The molecule has 2 rings (SSSR count). The van der Waals surface area contributed by atoms with Crippen molar-refractivity contribution in [3.63, 3.8) is 0 Å². The van der Waals surface area contributed by atoms with Gasteiger partial charge >= 0.3 is 0 Å². The number of rotatable bonds is 9. The zero-order valence-electron chi connectivity index (χ0n) is 15.9. The molecular formula is C20H26N2O4S. The van der Waals surface area contributed by atoms with Crippen molar-refractivity contribution < 1.29 is 17.9 Å². The molecule has 1 N–H and O–H groups in total. The Morgan fingerprint density at radius 2 is 1.78 bits per heavy atom. The van der Waals surface area contributed by atoms with Crippen LogP contribution in [0.4, 0.5) is 0 Å². The van der Waals surface area contributed by atoms with Crippen LogP contribution >= 0.6 is 0 Å². The number of hydrogen-bond acceptors (Lipinski definition) is 4. The van der Waals surface area contributed by atoms with Crippen molar-refractivity contribution in [2.45, 2.75) is 19.9 Å². The fraction of sp³-hybridized carbons (Fsp3) is 0.350. The van der Waals surface area contributed by atoms with Crippen LogP contribution in [-0.2, 0) is 27.8 Å². The van der Waals surface area contributed by atoms with Crippen molar-refractivity contribution in [1.29, 1.82) is 0 Å². The lowest BCUT2D eigenvalue weighted by Gasteiger charge is -2.20. The molecule has 1 amide bonds. The number of hydrogen-bond donors (Lipinski definition) is 1. The van der Waals surface area contributed by atoms with E-state index in [0.29, 0.717) is 5.75 Å². The van der Waals surface area contributed by atoms with Crippen LogP contribution < -0.4 is 10.1 Å². The van der Waals surface area contributed by atoms with E-state index >= 15 is 0 Å². The van der Waals surface area contributed by atoms with Crippen LogP contribution in [0.1, 0.15) is 16.7 Å². The van der Waals surface area contributed by atoms with E-state index < -0.39 is 10.0 Å². The molecule has 2 aromatic rings. The highest BCUT2D eigenvalue weighted by atomic mass is 32.2. The lowest BCUT2D eigenvalue weighted by atomic mass is 10.1. The summed E-state index contributed by atoms with van der Waals surface area (Å²) in [5.41, 5.74) is 2.88. The average Bonchev–Trinajstić information content (AvgIpc) is 2.62. The van der Waals surface area contributed by atoms with Crippen molar-refractivity contribution >= 4 is 15.9 Å². The molecule has 0 heterocycles. The lowest BCUT2D eigenvalue weighted by Crippen LogP contribution is -2.38. The molecule has 0 fully saturated rings. The number of nitrogens with zero attached hydrogens (tertiary/aromatic N) is 1. The highest BCUT2D eigenvalue weighted by Gasteiger charge is 2.17. The van der Waals surface area contributed by atoms with Crippen molar-refractivity contribution in [3.05, 3.63) is 65.2 Å². The maximum Gasteiger partial charge on any atom is 0.224 e. The highest BCUT2D eigenvalue weighted by Crippen LogP contribution is 2.14. The van der Waals surface area contributed by atoms with Gasteiger partial charge < -0.3 is 10.1 Å². The maximum atomic E-state index is 12.1. The quantitative estimate of drug-likeness (QED) is 0.712. The Bertz CT molecular complexity index is 864. The standard InChI is InChI=1S/C20H26N2O4S/c1-16-6-4-5-7-18(16)14-20(23)21-12-13-22(27(3,24)25)15-17-8-10-19(26-2)11-9-17/h4-11H,12-15H2,1-3H3,(H,21,23). The van der Waals surface area contributed by atoms with E-state index in [1.807, 2.05) is 43.3 Å². The summed E-state index contributed by atoms with van der Waals surface area (Å²) in [5.74, 6) is 0.593. The van der Waals surface area contributed by atoms with Gasteiger partial charge in [-0.3, -0.25) is 4.79 Å². The number of sulfonamides is 1. The van der Waals surface area contributed by atoms with Crippen molar-refractivity contribution in [1.82, 2.24) is 9.62 Å². The SMILES string of the molecule is COc1ccc(CN(CCNC(=O)Cc2ccccc2C)S(C)(=O)=O)cc1. The normalized spacial score (nSPS) is 11.4. The van der Waals surface area contributed by atoms with Gasteiger partial charge in [-0.05, 0) is 35.7 Å².